The number of rotatable bonds is 1. The second-order valence-electron chi connectivity index (χ2n) is 4.92. The lowest BCUT2D eigenvalue weighted by atomic mass is 9.87. The van der Waals surface area contributed by atoms with E-state index in [1.165, 1.54) is 0 Å². The van der Waals surface area contributed by atoms with Gasteiger partial charge in [0.25, 0.3) is 0 Å². The van der Waals surface area contributed by atoms with Gasteiger partial charge in [0.1, 0.15) is 0 Å². The topological polar surface area (TPSA) is 66.2 Å². The van der Waals surface area contributed by atoms with Crippen molar-refractivity contribution < 1.29 is 10.0 Å². The van der Waals surface area contributed by atoms with E-state index in [0.717, 1.165) is 5.06 Å². The molecule has 1 amide bonds. The van der Waals surface area contributed by atoms with E-state index in [4.69, 9.17) is 5.73 Å². The van der Waals surface area contributed by atoms with E-state index in [-0.39, 0.29) is 11.8 Å². The smallest absolute Gasteiger partial charge is 0.222 e. The molecule has 75 valence electrons. The van der Waals surface area contributed by atoms with Gasteiger partial charge in [-0.1, -0.05) is 0 Å². The first-order valence-electron chi connectivity index (χ1n) is 4.46. The van der Waals surface area contributed by atoms with Gasteiger partial charge in [0, 0.05) is 5.54 Å². The minimum absolute atomic E-state index is 0.347. The highest BCUT2D eigenvalue weighted by Gasteiger charge is 2.54. The normalized spacial score (nSPS) is 31.9. The lowest BCUT2D eigenvalue weighted by molar-refractivity contribution is -0.247. The molecule has 1 fully saturated rings. The van der Waals surface area contributed by atoms with Gasteiger partial charge in [-0.2, -0.15) is 0 Å². The van der Waals surface area contributed by atoms with Gasteiger partial charge in [-0.15, -0.1) is 10.3 Å². The third-order valence-corrected chi connectivity index (χ3v) is 2.97. The van der Waals surface area contributed by atoms with Gasteiger partial charge in [0.2, 0.25) is 5.91 Å². The first kappa shape index (κ1) is 10.5. The molecule has 1 unspecified atom stereocenters. The van der Waals surface area contributed by atoms with E-state index in [0.29, 0.717) is 6.42 Å². The number of carbonyl (C=O) groups is 1. The van der Waals surface area contributed by atoms with Crippen LogP contribution < -0.4 is 5.73 Å². The lowest BCUT2D eigenvalue weighted by Crippen LogP contribution is -2.48. The number of hydroxylamine groups is 2. The van der Waals surface area contributed by atoms with E-state index in [1.807, 2.05) is 13.8 Å². The number of amides is 1. The molecule has 1 rings (SSSR count). The maximum atomic E-state index is 11.8. The van der Waals surface area contributed by atoms with Crippen molar-refractivity contribution in [2.45, 2.75) is 45.2 Å². The Morgan fingerprint density at radius 1 is 1.38 bits per heavy atom. The van der Waals surface area contributed by atoms with Crippen molar-refractivity contribution in [1.29, 1.82) is 0 Å². The third kappa shape index (κ3) is 1.44. The van der Waals surface area contributed by atoms with Gasteiger partial charge >= 0.3 is 0 Å². The van der Waals surface area contributed by atoms with Crippen LogP contribution >= 0.6 is 0 Å². The van der Waals surface area contributed by atoms with E-state index in [2.05, 4.69) is 0 Å². The SMILES string of the molecule is CC1(C)CC(C([15NH2])=O)C(C)(C)N1[O]. The highest BCUT2D eigenvalue weighted by Crippen LogP contribution is 2.43. The Balaban J connectivity index is 3.00. The average Bonchev–Trinajstić information content (AvgIpc) is 2.11. The molecule has 1 aliphatic rings. The summed E-state index contributed by atoms with van der Waals surface area (Å²) in [6.45, 7) is 7.21. The van der Waals surface area contributed by atoms with Gasteiger partial charge < -0.3 is 5.73 Å². The fourth-order valence-corrected chi connectivity index (χ4v) is 2.20. The summed E-state index contributed by atoms with van der Waals surface area (Å²) in [7, 11) is 0. The van der Waals surface area contributed by atoms with Crippen LogP contribution in [0.1, 0.15) is 34.1 Å². The standard InChI is InChI=1S/C9H17N2O2/c1-8(2)5-6(7(10)12)9(3,4)11(8)13/h6H,5H2,1-4H3,(H2,10,12)/i10+1. The molecule has 4 heteroatoms. The first-order valence-corrected chi connectivity index (χ1v) is 4.46. The Hall–Kier alpha value is -0.610. The van der Waals surface area contributed by atoms with E-state index < -0.39 is 11.1 Å². The summed E-state index contributed by atoms with van der Waals surface area (Å²) >= 11 is 0. The lowest BCUT2D eigenvalue weighted by Gasteiger charge is -2.32. The summed E-state index contributed by atoms with van der Waals surface area (Å²) in [5.41, 5.74) is 4.10. The molecule has 1 saturated heterocycles. The van der Waals surface area contributed by atoms with Crippen LogP contribution in [0, 0.1) is 5.92 Å². The minimum Gasteiger partial charge on any atom is -0.369 e. The Morgan fingerprint density at radius 3 is 2.00 bits per heavy atom. The van der Waals surface area contributed by atoms with Crippen molar-refractivity contribution in [3.05, 3.63) is 0 Å². The van der Waals surface area contributed by atoms with Crippen molar-refractivity contribution >= 4 is 5.91 Å². The fourth-order valence-electron chi connectivity index (χ4n) is 2.20. The van der Waals surface area contributed by atoms with Crippen molar-refractivity contribution in [1.82, 2.24) is 5.06 Å². The monoisotopic (exact) mass is 186 g/mol. The third-order valence-electron chi connectivity index (χ3n) is 2.97. The van der Waals surface area contributed by atoms with Gasteiger partial charge in [0.15, 0.2) is 0 Å². The van der Waals surface area contributed by atoms with Crippen molar-refractivity contribution in [2.24, 2.45) is 11.7 Å². The van der Waals surface area contributed by atoms with Crippen LogP contribution in [0.2, 0.25) is 0 Å². The highest BCUT2D eigenvalue weighted by molar-refractivity contribution is 5.78. The van der Waals surface area contributed by atoms with E-state index >= 15 is 0 Å². The second kappa shape index (κ2) is 2.69. The predicted molar refractivity (Wildman–Crippen MR) is 48.0 cm³/mol. The molecule has 1 radical (unpaired) electrons. The molecule has 0 aromatic heterocycles. The minimum atomic E-state index is -0.671. The van der Waals surface area contributed by atoms with Gasteiger partial charge in [0.05, 0.1) is 11.5 Å². The number of carbonyl (C=O) groups excluding carboxylic acids is 1. The summed E-state index contributed by atoms with van der Waals surface area (Å²) in [6.07, 6.45) is 0.541. The molecule has 1 aliphatic heterocycles. The van der Waals surface area contributed by atoms with E-state index in [1.54, 1.807) is 13.8 Å². The maximum absolute atomic E-state index is 11.8. The van der Waals surface area contributed by atoms with Crippen molar-refractivity contribution in [3.63, 3.8) is 0 Å². The Bertz CT molecular complexity index is 236. The molecule has 0 aromatic carbocycles. The summed E-state index contributed by atoms with van der Waals surface area (Å²) in [5.74, 6) is -0.726. The fraction of sp³-hybridized carbons (Fsp3) is 0.889. The Labute approximate surface area is 78.7 Å². The van der Waals surface area contributed by atoms with Gasteiger partial charge in [-0.25, -0.2) is 0 Å². The van der Waals surface area contributed by atoms with Crippen LogP contribution in [-0.2, 0) is 10.0 Å². The Morgan fingerprint density at radius 2 is 1.85 bits per heavy atom. The highest BCUT2D eigenvalue weighted by atomic mass is 16.5. The van der Waals surface area contributed by atoms with E-state index in [9.17, 15) is 10.0 Å². The number of nitrogens with zero attached hydrogens (tertiary/aromatic N) is 1. The van der Waals surface area contributed by atoms with Crippen LogP contribution in [-0.4, -0.2) is 22.0 Å². The number of hydrogen-bond donors (Lipinski definition) is 1. The van der Waals surface area contributed by atoms with Crippen LogP contribution in [0.25, 0.3) is 0 Å². The Kier molecular flexibility index (Phi) is 2.16. The molecule has 1 atom stereocenters. The second-order valence-corrected chi connectivity index (χ2v) is 4.92. The molecule has 4 nitrogen and oxygen atoms in total. The number of hydrogen-bond acceptors (Lipinski definition) is 2. The molecule has 0 aromatic rings. The van der Waals surface area contributed by atoms with Crippen LogP contribution in [0.15, 0.2) is 0 Å². The summed E-state index contributed by atoms with van der Waals surface area (Å²) in [5, 5.41) is 12.8. The number of primary amides is 1. The van der Waals surface area contributed by atoms with Gasteiger partial charge in [-0.3, -0.25) is 4.79 Å². The molecule has 0 aliphatic carbocycles. The zero-order chi connectivity index (χ0) is 10.4. The maximum Gasteiger partial charge on any atom is 0.222 e. The van der Waals surface area contributed by atoms with Crippen molar-refractivity contribution in [2.75, 3.05) is 0 Å². The van der Waals surface area contributed by atoms with Crippen molar-refractivity contribution in [3.8, 4) is 0 Å². The molecule has 1 heterocycles. The quantitative estimate of drug-likeness (QED) is 0.612. The molecule has 13 heavy (non-hydrogen) atoms. The molecule has 2 N–H and O–H groups in total. The van der Waals surface area contributed by atoms with Crippen LogP contribution in [0.3, 0.4) is 0 Å². The molecule has 0 spiro atoms. The predicted octanol–water partition coefficient (Wildman–Crippen LogP) is 0.696. The zero-order valence-corrected chi connectivity index (χ0v) is 8.63. The first-order chi connectivity index (χ1) is 5.69. The molecular weight excluding hydrogens is 169 g/mol. The van der Waals surface area contributed by atoms with Gasteiger partial charge in [-0.05, 0) is 34.1 Å². The molecule has 0 saturated carbocycles. The molecular formula is C9H17N2O2. The largest absolute Gasteiger partial charge is 0.369 e. The van der Waals surface area contributed by atoms with Crippen LogP contribution in [0.4, 0.5) is 0 Å². The molecule has 0 bridgehead atoms. The summed E-state index contributed by atoms with van der Waals surface area (Å²) < 4.78 is 0. The average molecular weight is 186 g/mol. The summed E-state index contributed by atoms with van der Waals surface area (Å²) in [4.78, 5) is 11.1. The zero-order valence-electron chi connectivity index (χ0n) is 8.63. The number of nitrogens with two attached hydrogens (primary N) is 1. The summed E-state index contributed by atoms with van der Waals surface area (Å²) in [6, 6.07) is 0. The van der Waals surface area contributed by atoms with Crippen LogP contribution in [0.5, 0.6) is 0 Å².